The monoisotopic (exact) mass is 167 g/mol. The van der Waals surface area contributed by atoms with E-state index in [4.69, 9.17) is 0 Å². The fourth-order valence-corrected chi connectivity index (χ4v) is 1.71. The lowest BCUT2D eigenvalue weighted by molar-refractivity contribution is -0.123. The molecule has 1 heterocycles. The lowest BCUT2D eigenvalue weighted by Gasteiger charge is -2.42. The van der Waals surface area contributed by atoms with Gasteiger partial charge in [-0.25, -0.2) is 0 Å². The van der Waals surface area contributed by atoms with Crippen LogP contribution in [-0.4, -0.2) is 21.8 Å². The number of hydrogen-bond donors (Lipinski definition) is 0. The lowest BCUT2D eigenvalue weighted by Crippen LogP contribution is -2.51. The zero-order chi connectivity index (χ0) is 9.57. The van der Waals surface area contributed by atoms with Crippen molar-refractivity contribution in [3.63, 3.8) is 0 Å². The molecule has 0 saturated heterocycles. The van der Waals surface area contributed by atoms with E-state index in [0.717, 1.165) is 0 Å². The van der Waals surface area contributed by atoms with Crippen LogP contribution >= 0.6 is 0 Å². The first-order valence-electron chi connectivity index (χ1n) is 4.28. The number of hydrogen-bond acceptors (Lipinski definition) is 2. The van der Waals surface area contributed by atoms with Crippen molar-refractivity contribution >= 4 is 5.78 Å². The largest absolute Gasteiger partial charge is 0.360 e. The Bertz CT molecular complexity index is 233. The van der Waals surface area contributed by atoms with Crippen LogP contribution in [0.25, 0.3) is 0 Å². The van der Waals surface area contributed by atoms with Crippen molar-refractivity contribution in [1.82, 2.24) is 4.90 Å². The Balaban J connectivity index is 2.97. The molecule has 0 radical (unpaired) electrons. The van der Waals surface area contributed by atoms with Gasteiger partial charge in [-0.2, -0.15) is 0 Å². The average Bonchev–Trinajstić information content (AvgIpc) is 2.06. The van der Waals surface area contributed by atoms with Gasteiger partial charge in [0, 0.05) is 11.7 Å². The van der Waals surface area contributed by atoms with E-state index in [-0.39, 0.29) is 16.9 Å². The van der Waals surface area contributed by atoms with E-state index in [0.29, 0.717) is 0 Å². The molecule has 0 unspecified atom stereocenters. The maximum Gasteiger partial charge on any atom is 0.182 e. The Hall–Kier alpha value is -0.790. The average molecular weight is 167 g/mol. The summed E-state index contributed by atoms with van der Waals surface area (Å²) in [6.45, 7) is 10.2. The second-order valence-electron chi connectivity index (χ2n) is 4.78. The molecule has 0 N–H and O–H groups in total. The van der Waals surface area contributed by atoms with Crippen LogP contribution in [0.3, 0.4) is 0 Å². The molecule has 0 aromatic carbocycles. The van der Waals surface area contributed by atoms with E-state index >= 15 is 0 Å². The van der Waals surface area contributed by atoms with Gasteiger partial charge in [0.2, 0.25) is 0 Å². The van der Waals surface area contributed by atoms with Gasteiger partial charge in [0.15, 0.2) is 5.78 Å². The van der Waals surface area contributed by atoms with Crippen molar-refractivity contribution in [2.75, 3.05) is 0 Å². The highest BCUT2D eigenvalue weighted by molar-refractivity contribution is 5.99. The molecule has 1 rings (SSSR count). The normalized spacial score (nSPS) is 22.1. The first-order valence-corrected chi connectivity index (χ1v) is 4.28. The van der Waals surface area contributed by atoms with Gasteiger partial charge in [-0.05, 0) is 40.7 Å². The van der Waals surface area contributed by atoms with Crippen molar-refractivity contribution in [3.8, 4) is 0 Å². The minimum Gasteiger partial charge on any atom is -0.360 e. The van der Waals surface area contributed by atoms with Crippen LogP contribution in [0.4, 0.5) is 0 Å². The zero-order valence-corrected chi connectivity index (χ0v) is 8.51. The topological polar surface area (TPSA) is 20.3 Å². The van der Waals surface area contributed by atoms with Crippen molar-refractivity contribution in [2.24, 2.45) is 0 Å². The number of rotatable bonds is 0. The van der Waals surface area contributed by atoms with E-state index in [1.807, 2.05) is 20.0 Å². The molecule has 0 spiro atoms. The molecule has 0 fully saturated rings. The standard InChI is InChI=1S/C10H17NO/c1-9(2,3)11-7-6-8(12)10(11,4)5/h6-7H,1-5H3. The quantitative estimate of drug-likeness (QED) is 0.549. The third kappa shape index (κ3) is 1.26. The van der Waals surface area contributed by atoms with Gasteiger partial charge in [-0.1, -0.05) is 0 Å². The van der Waals surface area contributed by atoms with Crippen molar-refractivity contribution in [1.29, 1.82) is 0 Å². The van der Waals surface area contributed by atoms with Gasteiger partial charge >= 0.3 is 0 Å². The number of ketones is 1. The molecule has 0 atom stereocenters. The summed E-state index contributed by atoms with van der Waals surface area (Å²) in [5.41, 5.74) is -0.343. The van der Waals surface area contributed by atoms with Crippen LogP contribution in [0, 0.1) is 0 Å². The van der Waals surface area contributed by atoms with Crippen LogP contribution in [0.15, 0.2) is 12.3 Å². The molecule has 2 nitrogen and oxygen atoms in total. The summed E-state index contributed by atoms with van der Waals surface area (Å²) in [6, 6.07) is 0. The van der Waals surface area contributed by atoms with Crippen molar-refractivity contribution in [3.05, 3.63) is 12.3 Å². The molecule has 0 aliphatic carbocycles. The minimum atomic E-state index is -0.363. The first kappa shape index (κ1) is 9.30. The highest BCUT2D eigenvalue weighted by Gasteiger charge is 2.40. The maximum absolute atomic E-state index is 11.4. The van der Waals surface area contributed by atoms with Gasteiger partial charge in [-0.3, -0.25) is 4.79 Å². The van der Waals surface area contributed by atoms with Gasteiger partial charge in [0.25, 0.3) is 0 Å². The second kappa shape index (κ2) is 2.35. The Kier molecular flexibility index (Phi) is 1.82. The highest BCUT2D eigenvalue weighted by Crippen LogP contribution is 2.30. The van der Waals surface area contributed by atoms with Crippen molar-refractivity contribution in [2.45, 2.75) is 45.7 Å². The molecule has 0 bridgehead atoms. The molecule has 1 aliphatic rings. The molecular weight excluding hydrogens is 150 g/mol. The van der Waals surface area contributed by atoms with Gasteiger partial charge in [-0.15, -0.1) is 0 Å². The number of carbonyl (C=O) groups is 1. The predicted octanol–water partition coefficient (Wildman–Crippen LogP) is 1.96. The third-order valence-electron chi connectivity index (χ3n) is 2.30. The minimum absolute atomic E-state index is 0.0200. The fourth-order valence-electron chi connectivity index (χ4n) is 1.71. The summed E-state index contributed by atoms with van der Waals surface area (Å²) in [5, 5.41) is 0. The zero-order valence-electron chi connectivity index (χ0n) is 8.51. The van der Waals surface area contributed by atoms with Crippen LogP contribution in [0.1, 0.15) is 34.6 Å². The second-order valence-corrected chi connectivity index (χ2v) is 4.78. The van der Waals surface area contributed by atoms with Gasteiger partial charge in [0.05, 0.1) is 5.54 Å². The smallest absolute Gasteiger partial charge is 0.182 e. The maximum atomic E-state index is 11.4. The van der Waals surface area contributed by atoms with Gasteiger partial charge < -0.3 is 4.90 Å². The van der Waals surface area contributed by atoms with E-state index in [2.05, 4.69) is 25.7 Å². The molecule has 0 aromatic rings. The Labute approximate surface area is 74.2 Å². The van der Waals surface area contributed by atoms with Gasteiger partial charge in [0.1, 0.15) is 0 Å². The summed E-state index contributed by atoms with van der Waals surface area (Å²) in [6.07, 6.45) is 3.55. The Morgan fingerprint density at radius 1 is 1.33 bits per heavy atom. The van der Waals surface area contributed by atoms with Crippen LogP contribution in [-0.2, 0) is 4.79 Å². The summed E-state index contributed by atoms with van der Waals surface area (Å²) < 4.78 is 0. The molecule has 2 heteroatoms. The van der Waals surface area contributed by atoms with E-state index in [1.54, 1.807) is 6.08 Å². The highest BCUT2D eigenvalue weighted by atomic mass is 16.1. The van der Waals surface area contributed by atoms with Crippen molar-refractivity contribution < 1.29 is 4.79 Å². The van der Waals surface area contributed by atoms with E-state index in [1.165, 1.54) is 0 Å². The molecule has 0 aromatic heterocycles. The number of nitrogens with zero attached hydrogens (tertiary/aromatic N) is 1. The fraction of sp³-hybridized carbons (Fsp3) is 0.700. The summed E-state index contributed by atoms with van der Waals surface area (Å²) in [5.74, 6) is 0.192. The molecule has 1 aliphatic heterocycles. The van der Waals surface area contributed by atoms with Crippen LogP contribution < -0.4 is 0 Å². The summed E-state index contributed by atoms with van der Waals surface area (Å²) in [4.78, 5) is 13.5. The molecule has 12 heavy (non-hydrogen) atoms. The van der Waals surface area contributed by atoms with E-state index < -0.39 is 0 Å². The SMILES string of the molecule is CC(C)(C)N1C=CC(=O)C1(C)C. The molecule has 0 amide bonds. The Morgan fingerprint density at radius 3 is 2.00 bits per heavy atom. The predicted molar refractivity (Wildman–Crippen MR) is 49.8 cm³/mol. The lowest BCUT2D eigenvalue weighted by atomic mass is 9.94. The number of carbonyl (C=O) groups excluding carboxylic acids is 1. The molecular formula is C10H17NO. The Morgan fingerprint density at radius 2 is 1.83 bits per heavy atom. The third-order valence-corrected chi connectivity index (χ3v) is 2.30. The first-order chi connectivity index (χ1) is 5.26. The summed E-state index contributed by atoms with van der Waals surface area (Å²) >= 11 is 0. The van der Waals surface area contributed by atoms with E-state index in [9.17, 15) is 4.79 Å². The van der Waals surface area contributed by atoms with Crippen LogP contribution in [0.5, 0.6) is 0 Å². The summed E-state index contributed by atoms with van der Waals surface area (Å²) in [7, 11) is 0. The van der Waals surface area contributed by atoms with Crippen LogP contribution in [0.2, 0.25) is 0 Å². The molecule has 0 saturated carbocycles. The molecule has 68 valence electrons.